The maximum Gasteiger partial charge on any atom is 0.227 e. The van der Waals surface area contributed by atoms with Crippen molar-refractivity contribution < 1.29 is 18.7 Å². The number of piperazine rings is 1. The molecule has 4 rings (SSSR count). The van der Waals surface area contributed by atoms with E-state index in [1.807, 2.05) is 53.4 Å². The number of oxazole rings is 1. The number of nitrogens with zero attached hydrogens (tertiary/aromatic N) is 3. The smallest absolute Gasteiger partial charge is 0.227 e. The highest BCUT2D eigenvalue weighted by molar-refractivity contribution is 5.79. The molecule has 31 heavy (non-hydrogen) atoms. The first-order valence-corrected chi connectivity index (χ1v) is 10.4. The lowest BCUT2D eigenvalue weighted by Gasteiger charge is -2.34. The molecule has 3 aromatic rings. The van der Waals surface area contributed by atoms with Crippen LogP contribution in [0, 0.1) is 0 Å². The van der Waals surface area contributed by atoms with E-state index in [1.54, 1.807) is 20.5 Å². The van der Waals surface area contributed by atoms with E-state index in [0.717, 1.165) is 41.4 Å². The van der Waals surface area contributed by atoms with E-state index in [0.29, 0.717) is 31.9 Å². The fraction of sp³-hybridized carbons (Fsp3) is 0.333. The van der Waals surface area contributed by atoms with Crippen molar-refractivity contribution in [1.82, 2.24) is 14.8 Å². The number of amides is 1. The van der Waals surface area contributed by atoms with Gasteiger partial charge < -0.3 is 18.8 Å². The lowest BCUT2D eigenvalue weighted by molar-refractivity contribution is -0.132. The maximum absolute atomic E-state index is 12.7. The molecule has 1 aliphatic heterocycles. The van der Waals surface area contributed by atoms with Gasteiger partial charge in [-0.2, -0.15) is 0 Å². The van der Waals surface area contributed by atoms with Gasteiger partial charge in [-0.3, -0.25) is 9.69 Å². The molecule has 0 N–H and O–H groups in total. The van der Waals surface area contributed by atoms with Crippen LogP contribution in [-0.2, 0) is 17.8 Å². The Morgan fingerprint density at radius 2 is 1.74 bits per heavy atom. The lowest BCUT2D eigenvalue weighted by atomic mass is 10.1. The van der Waals surface area contributed by atoms with Gasteiger partial charge in [0.15, 0.2) is 0 Å². The third kappa shape index (κ3) is 5.24. The highest BCUT2D eigenvalue weighted by Gasteiger charge is 2.22. The van der Waals surface area contributed by atoms with E-state index in [2.05, 4.69) is 9.88 Å². The van der Waals surface area contributed by atoms with Crippen molar-refractivity contribution in [2.24, 2.45) is 0 Å². The van der Waals surface area contributed by atoms with Crippen LogP contribution < -0.4 is 9.47 Å². The van der Waals surface area contributed by atoms with Crippen molar-refractivity contribution in [3.8, 4) is 23.0 Å². The van der Waals surface area contributed by atoms with Crippen LogP contribution in [0.25, 0.3) is 11.5 Å². The van der Waals surface area contributed by atoms with Gasteiger partial charge in [-0.1, -0.05) is 12.1 Å². The Bertz CT molecular complexity index is 1010. The third-order valence-corrected chi connectivity index (χ3v) is 5.49. The Kier molecular flexibility index (Phi) is 6.52. The molecule has 7 heteroatoms. The summed E-state index contributed by atoms with van der Waals surface area (Å²) in [5.41, 5.74) is 2.78. The van der Waals surface area contributed by atoms with Gasteiger partial charge in [0, 0.05) is 38.3 Å². The molecule has 7 nitrogen and oxygen atoms in total. The number of carbonyl (C=O) groups excluding carboxylic acids is 1. The molecule has 0 bridgehead atoms. The normalized spacial score (nSPS) is 14.5. The summed E-state index contributed by atoms with van der Waals surface area (Å²) < 4.78 is 16.1. The minimum absolute atomic E-state index is 0.149. The van der Waals surface area contributed by atoms with Crippen molar-refractivity contribution in [2.45, 2.75) is 13.0 Å². The molecular weight excluding hydrogens is 394 g/mol. The van der Waals surface area contributed by atoms with Crippen LogP contribution >= 0.6 is 0 Å². The van der Waals surface area contributed by atoms with E-state index in [4.69, 9.17) is 13.9 Å². The third-order valence-electron chi connectivity index (χ3n) is 5.49. The number of aromatic nitrogens is 1. The van der Waals surface area contributed by atoms with Crippen molar-refractivity contribution in [3.63, 3.8) is 0 Å². The SMILES string of the molecule is COc1ccc(-c2nc(CN3CCN(C(=O)Cc4cccc(OC)c4)CC3)co2)cc1. The second-order valence-electron chi connectivity index (χ2n) is 7.56. The average molecular weight is 421 g/mol. The van der Waals surface area contributed by atoms with Gasteiger partial charge in [0.2, 0.25) is 11.8 Å². The Hall–Kier alpha value is -3.32. The Labute approximate surface area is 182 Å². The molecule has 1 saturated heterocycles. The molecule has 1 amide bonds. The van der Waals surface area contributed by atoms with E-state index in [-0.39, 0.29) is 5.91 Å². The van der Waals surface area contributed by atoms with Gasteiger partial charge in [0.25, 0.3) is 0 Å². The van der Waals surface area contributed by atoms with E-state index in [1.165, 1.54) is 0 Å². The number of hydrogen-bond donors (Lipinski definition) is 0. The fourth-order valence-corrected chi connectivity index (χ4v) is 3.70. The number of benzene rings is 2. The van der Waals surface area contributed by atoms with Gasteiger partial charge in [0.05, 0.1) is 26.3 Å². The molecule has 0 unspecified atom stereocenters. The van der Waals surface area contributed by atoms with Crippen LogP contribution in [0.4, 0.5) is 0 Å². The monoisotopic (exact) mass is 421 g/mol. The van der Waals surface area contributed by atoms with Crippen molar-refractivity contribution in [2.75, 3.05) is 40.4 Å². The van der Waals surface area contributed by atoms with Crippen LogP contribution in [0.3, 0.4) is 0 Å². The summed E-state index contributed by atoms with van der Waals surface area (Å²) in [5, 5.41) is 0. The topological polar surface area (TPSA) is 68.0 Å². The highest BCUT2D eigenvalue weighted by Crippen LogP contribution is 2.22. The second kappa shape index (κ2) is 9.66. The maximum atomic E-state index is 12.7. The van der Waals surface area contributed by atoms with Crippen LogP contribution in [0.5, 0.6) is 11.5 Å². The highest BCUT2D eigenvalue weighted by atomic mass is 16.5. The summed E-state index contributed by atoms with van der Waals surface area (Å²) in [7, 11) is 3.28. The van der Waals surface area contributed by atoms with Crippen LogP contribution in [-0.4, -0.2) is 61.1 Å². The van der Waals surface area contributed by atoms with Crippen molar-refractivity contribution in [1.29, 1.82) is 0 Å². The van der Waals surface area contributed by atoms with Gasteiger partial charge >= 0.3 is 0 Å². The summed E-state index contributed by atoms with van der Waals surface area (Å²) in [5.74, 6) is 2.33. The first-order chi connectivity index (χ1) is 15.1. The quantitative estimate of drug-likeness (QED) is 0.583. The molecule has 1 aromatic heterocycles. The van der Waals surface area contributed by atoms with Gasteiger partial charge in [-0.05, 0) is 42.0 Å². The summed E-state index contributed by atoms with van der Waals surface area (Å²) >= 11 is 0. The molecule has 0 spiro atoms. The van der Waals surface area contributed by atoms with Crippen LogP contribution in [0.2, 0.25) is 0 Å². The zero-order chi connectivity index (χ0) is 21.6. The molecule has 0 aliphatic carbocycles. The minimum atomic E-state index is 0.149. The molecule has 1 fully saturated rings. The number of methoxy groups -OCH3 is 2. The zero-order valence-electron chi connectivity index (χ0n) is 17.9. The van der Waals surface area contributed by atoms with Gasteiger partial charge in [-0.15, -0.1) is 0 Å². The summed E-state index contributed by atoms with van der Waals surface area (Å²) in [6.45, 7) is 3.76. The first kappa shape index (κ1) is 20.9. The predicted molar refractivity (Wildman–Crippen MR) is 117 cm³/mol. The summed E-state index contributed by atoms with van der Waals surface area (Å²) in [4.78, 5) is 21.5. The molecule has 162 valence electrons. The van der Waals surface area contributed by atoms with Crippen molar-refractivity contribution >= 4 is 5.91 Å². The summed E-state index contributed by atoms with van der Waals surface area (Å²) in [6.07, 6.45) is 2.10. The van der Waals surface area contributed by atoms with Gasteiger partial charge in [0.1, 0.15) is 17.8 Å². The largest absolute Gasteiger partial charge is 0.497 e. The zero-order valence-corrected chi connectivity index (χ0v) is 17.9. The molecular formula is C24H27N3O4. The molecule has 1 aliphatic rings. The molecule has 2 heterocycles. The second-order valence-corrected chi connectivity index (χ2v) is 7.56. The van der Waals surface area contributed by atoms with E-state index in [9.17, 15) is 4.79 Å². The number of hydrogen-bond acceptors (Lipinski definition) is 6. The van der Waals surface area contributed by atoms with Gasteiger partial charge in [-0.25, -0.2) is 4.98 Å². The molecule has 0 atom stereocenters. The molecule has 0 saturated carbocycles. The number of rotatable bonds is 7. The average Bonchev–Trinajstić information content (AvgIpc) is 3.28. The van der Waals surface area contributed by atoms with E-state index >= 15 is 0 Å². The standard InChI is InChI=1S/C24H27N3O4/c1-29-21-8-6-19(7-9-21)24-25-20(17-31-24)16-26-10-12-27(13-11-26)23(28)15-18-4-3-5-22(14-18)30-2/h3-9,14,17H,10-13,15-16H2,1-2H3. The van der Waals surface area contributed by atoms with Crippen LogP contribution in [0.1, 0.15) is 11.3 Å². The summed E-state index contributed by atoms with van der Waals surface area (Å²) in [6, 6.07) is 15.3. The Balaban J connectivity index is 1.28. The lowest BCUT2D eigenvalue weighted by Crippen LogP contribution is -2.48. The van der Waals surface area contributed by atoms with Crippen molar-refractivity contribution in [3.05, 3.63) is 66.1 Å². The number of ether oxygens (including phenoxy) is 2. The fourth-order valence-electron chi connectivity index (χ4n) is 3.70. The number of carbonyl (C=O) groups is 1. The molecule has 2 aromatic carbocycles. The van der Waals surface area contributed by atoms with Crippen LogP contribution in [0.15, 0.2) is 59.2 Å². The van der Waals surface area contributed by atoms with E-state index < -0.39 is 0 Å². The molecule has 0 radical (unpaired) electrons. The first-order valence-electron chi connectivity index (χ1n) is 10.4. The Morgan fingerprint density at radius 3 is 2.45 bits per heavy atom. The Morgan fingerprint density at radius 1 is 1.00 bits per heavy atom. The predicted octanol–water partition coefficient (Wildman–Crippen LogP) is 3.25. The minimum Gasteiger partial charge on any atom is -0.497 e.